The molecule has 5 N–H and O–H groups in total. The molecule has 20 heteroatoms. The molecule has 4 aromatic heterocycles. The summed E-state index contributed by atoms with van der Waals surface area (Å²) < 4.78 is 28.9. The van der Waals surface area contributed by atoms with Crippen LogP contribution in [0.5, 0.6) is 46.3 Å². The summed E-state index contributed by atoms with van der Waals surface area (Å²) in [6.45, 7) is 19.0. The van der Waals surface area contributed by atoms with Crippen LogP contribution in [0.2, 0.25) is 0 Å². The summed E-state index contributed by atoms with van der Waals surface area (Å²) >= 11 is 0. The molecule has 8 heterocycles. The summed E-state index contributed by atoms with van der Waals surface area (Å²) in [6, 6.07) is 53.4. The molecule has 0 bridgehead atoms. The lowest BCUT2D eigenvalue weighted by Gasteiger charge is -2.45. The van der Waals surface area contributed by atoms with Gasteiger partial charge in [0.25, 0.3) is 0 Å². The highest BCUT2D eigenvalue weighted by atomic mass is 16.6. The first-order valence-corrected chi connectivity index (χ1v) is 43.2. The summed E-state index contributed by atoms with van der Waals surface area (Å²) in [4.78, 5) is 38.0. The Kier molecular flexibility index (Phi) is 25.9. The Balaban J connectivity index is 0.000000113. The lowest BCUT2D eigenvalue weighted by atomic mass is 9.74. The lowest BCUT2D eigenvalue weighted by molar-refractivity contribution is 0.00314. The number of aromatic hydroxyl groups is 3. The summed E-state index contributed by atoms with van der Waals surface area (Å²) in [6.07, 6.45) is 24.6. The van der Waals surface area contributed by atoms with Gasteiger partial charge in [0.2, 0.25) is 11.8 Å². The number of hydrogen-bond donors (Lipinski definition) is 5. The normalized spacial score (nSPS) is 21.1. The van der Waals surface area contributed by atoms with Crippen LogP contribution in [0.15, 0.2) is 170 Å². The quantitative estimate of drug-likeness (QED) is 0.107. The zero-order chi connectivity index (χ0) is 82.9. The van der Waals surface area contributed by atoms with E-state index in [1.807, 2.05) is 163 Å². The van der Waals surface area contributed by atoms with Crippen LogP contribution in [0.1, 0.15) is 221 Å². The van der Waals surface area contributed by atoms with E-state index in [-0.39, 0.29) is 36.1 Å². The monoisotopic (exact) mass is 1600 g/mol. The number of carbonyl (C=O) groups excluding carboxylic acids is 2. The van der Waals surface area contributed by atoms with E-state index >= 15 is 0 Å². The van der Waals surface area contributed by atoms with Crippen molar-refractivity contribution in [2.45, 2.75) is 243 Å². The van der Waals surface area contributed by atoms with Gasteiger partial charge in [-0.2, -0.15) is 10.2 Å². The molecule has 20 rings (SSSR count). The number of aryl methyl sites for hydroxylation is 10. The Labute approximate surface area is 700 Å². The first kappa shape index (κ1) is 83.1. The van der Waals surface area contributed by atoms with E-state index in [2.05, 4.69) is 102 Å². The summed E-state index contributed by atoms with van der Waals surface area (Å²) in [5.74, 6) is 6.61. The summed E-state index contributed by atoms with van der Waals surface area (Å²) in [7, 11) is 1.72. The van der Waals surface area contributed by atoms with Gasteiger partial charge in [-0.25, -0.2) is 9.59 Å². The Morgan fingerprint density at radius 2 is 0.790 bits per heavy atom. The van der Waals surface area contributed by atoms with Crippen molar-refractivity contribution >= 4 is 12.2 Å². The predicted octanol–water partition coefficient (Wildman–Crippen LogP) is 19.8. The maximum atomic E-state index is 12.8. The number of methoxy groups -OCH3 is 1. The van der Waals surface area contributed by atoms with Crippen molar-refractivity contribution in [2.24, 2.45) is 0 Å². The molecule has 0 saturated carbocycles. The number of aromatic nitrogens is 6. The molecule has 4 fully saturated rings. The zero-order valence-corrected chi connectivity index (χ0v) is 70.5. The number of nitrogens with one attached hydrogen (secondary N) is 2. The fourth-order valence-electron chi connectivity index (χ4n) is 19.9. The molecule has 8 atom stereocenters. The lowest BCUT2D eigenvalue weighted by Crippen LogP contribution is -2.50. The Morgan fingerprint density at radius 3 is 1.26 bits per heavy atom. The number of likely N-dealkylation sites (tertiary alicyclic amines) is 2. The first-order valence-electron chi connectivity index (χ1n) is 43.2. The van der Waals surface area contributed by atoms with Gasteiger partial charge in [0.05, 0.1) is 18.5 Å². The van der Waals surface area contributed by atoms with Crippen molar-refractivity contribution in [1.82, 2.24) is 50.8 Å². The smallest absolute Gasteiger partial charge is 0.410 e. The summed E-state index contributed by atoms with van der Waals surface area (Å²) in [5, 5.41) is 53.8. The molecular formula is C99H116N10O10. The number of carbonyl (C=O) groups is 2. The van der Waals surface area contributed by atoms with Crippen molar-refractivity contribution in [1.29, 1.82) is 0 Å². The van der Waals surface area contributed by atoms with E-state index in [0.29, 0.717) is 52.9 Å². The molecule has 20 nitrogen and oxygen atoms in total. The maximum Gasteiger partial charge on any atom is 0.410 e. The second-order valence-corrected chi connectivity index (χ2v) is 35.1. The maximum absolute atomic E-state index is 12.8. The SMILES string of the molecule is CC(C)(C)OC(=O)N1CCCC2c3c(O)cccc3CC[C@@H]21.COc1cccc2c1-c1cccnc1CC2.Cc1ccc(Oc2cccc3c2C2CCCN(C(=O)OC(C)(C)C)[C@H]2CC3)nn1.Cc1ccc(Oc2cccc3c2C2CCCN[C@H]2CC3)nn1.Oc1cccc2c1-c1cccnc1CC2.Oc1cccc2c1C1CCCN[C@H]1CC2. The van der Waals surface area contributed by atoms with Gasteiger partial charge in [-0.3, -0.25) is 9.97 Å². The highest BCUT2D eigenvalue weighted by molar-refractivity contribution is 5.78. The van der Waals surface area contributed by atoms with E-state index in [4.69, 9.17) is 23.7 Å². The molecule has 10 aliphatic rings. The number of benzene rings is 6. The van der Waals surface area contributed by atoms with Crippen molar-refractivity contribution < 1.29 is 48.6 Å². The van der Waals surface area contributed by atoms with Crippen LogP contribution in [0.3, 0.4) is 0 Å². The van der Waals surface area contributed by atoms with Crippen LogP contribution in [0, 0.1) is 13.8 Å². The number of phenols is 3. The molecule has 0 radical (unpaired) electrons. The summed E-state index contributed by atoms with van der Waals surface area (Å²) in [5.41, 5.74) is 20.3. The Morgan fingerprint density at radius 1 is 0.395 bits per heavy atom. The van der Waals surface area contributed by atoms with E-state index in [1.165, 1.54) is 105 Å². The molecule has 6 aromatic carbocycles. The van der Waals surface area contributed by atoms with Gasteiger partial charge in [-0.1, -0.05) is 84.9 Å². The molecule has 6 aliphatic carbocycles. The third-order valence-corrected chi connectivity index (χ3v) is 25.0. The van der Waals surface area contributed by atoms with Gasteiger partial charge in [0.15, 0.2) is 0 Å². The van der Waals surface area contributed by atoms with E-state index in [9.17, 15) is 24.9 Å². The number of pyridine rings is 2. The molecule has 4 aliphatic heterocycles. The molecule has 2 amide bonds. The van der Waals surface area contributed by atoms with Gasteiger partial charge in [0, 0.05) is 141 Å². The second kappa shape index (κ2) is 37.1. The Bertz CT molecular complexity index is 5190. The van der Waals surface area contributed by atoms with Crippen LogP contribution in [-0.4, -0.2) is 136 Å². The van der Waals surface area contributed by atoms with Crippen LogP contribution in [0.4, 0.5) is 9.59 Å². The molecule has 119 heavy (non-hydrogen) atoms. The fourth-order valence-corrected chi connectivity index (χ4v) is 19.9. The average molecular weight is 1610 g/mol. The van der Waals surface area contributed by atoms with E-state index in [0.717, 1.165) is 167 Å². The topological polar surface area (TPSA) is 249 Å². The highest BCUT2D eigenvalue weighted by Gasteiger charge is 2.44. The number of fused-ring (bicyclic) bond motifs is 18. The van der Waals surface area contributed by atoms with Crippen LogP contribution < -0.4 is 24.8 Å². The van der Waals surface area contributed by atoms with E-state index < -0.39 is 11.2 Å². The number of phenolic OH excluding ortho intramolecular Hbond substituents is 3. The van der Waals surface area contributed by atoms with Gasteiger partial charge < -0.3 is 59.4 Å². The van der Waals surface area contributed by atoms with E-state index in [1.54, 1.807) is 19.2 Å². The number of piperidine rings is 4. The number of ether oxygens (including phenoxy) is 5. The molecule has 10 aromatic rings. The number of nitrogens with zero attached hydrogens (tertiary/aromatic N) is 8. The third kappa shape index (κ3) is 19.4. The van der Waals surface area contributed by atoms with Crippen molar-refractivity contribution in [3.8, 4) is 68.5 Å². The molecule has 4 saturated heterocycles. The molecule has 0 spiro atoms. The molecular weight excluding hydrogens is 1490 g/mol. The average Bonchev–Trinajstić information content (AvgIpc) is 0.768. The van der Waals surface area contributed by atoms with Gasteiger partial charge in [0.1, 0.15) is 45.7 Å². The minimum Gasteiger partial charge on any atom is -0.508 e. The van der Waals surface area contributed by atoms with Gasteiger partial charge in [-0.05, 0) is 291 Å². The number of hydrogen-bond acceptors (Lipinski definition) is 18. The standard InChI is InChI=1S/C23H29N3O3.C18H21N3O.C18H25NO3.C14H13NO.C13H17NO.C13H11NO/c1-15-10-13-20(25-24-15)28-19-9-5-7-16-11-12-18-17(21(16)19)8-6-14-26(18)22(27)29-23(2,3)4;1-12-7-10-17(21-20-12)22-16-6-2-4-13-8-9-15-14(18(13)16)5-3-11-19-15;1-18(2,3)22-17(21)19-11-5-7-13-14(19)10-9-12-6-4-8-15(20)16(12)13;1-16-13-6-2-4-10-7-8-12-11(14(10)13)5-3-9-15-12;2*15-12-5-1-3-9-6-7-11-10(13(9)12)4-2-8-14-11/h5,7,9-10,13,17-18H,6,8,11-12,14H2,1-4H3;2,4,6-7,10,14-15,19H,3,5,8-9,11H2,1H3;4,6,8,13-14,20H,5,7,9-11H2,1-3H3;2-6,9H,7-8H2,1H3;1,3,5,10-11,14-15H,2,4,6-8H2;1-5,8,15H,6-7H2/t17?,18-;14?,15-;13?,14-;;10?,11-;/m000.0./s1. The Hall–Kier alpha value is -11.0. The molecule has 4 unspecified atom stereocenters. The number of amides is 2. The second-order valence-electron chi connectivity index (χ2n) is 35.1. The van der Waals surface area contributed by atoms with Crippen molar-refractivity contribution in [2.75, 3.05) is 33.3 Å². The third-order valence-electron chi connectivity index (χ3n) is 25.0. The van der Waals surface area contributed by atoms with Gasteiger partial charge >= 0.3 is 12.2 Å². The van der Waals surface area contributed by atoms with Crippen molar-refractivity contribution in [3.63, 3.8) is 0 Å². The van der Waals surface area contributed by atoms with Crippen molar-refractivity contribution in [3.05, 3.63) is 249 Å². The van der Waals surface area contributed by atoms with Crippen LogP contribution >= 0.6 is 0 Å². The highest BCUT2D eigenvalue weighted by Crippen LogP contribution is 2.50. The predicted molar refractivity (Wildman–Crippen MR) is 463 cm³/mol. The minimum atomic E-state index is -0.491. The first-order chi connectivity index (χ1) is 57.6. The van der Waals surface area contributed by atoms with Crippen LogP contribution in [0.25, 0.3) is 22.3 Å². The minimum absolute atomic E-state index is 0.139. The van der Waals surface area contributed by atoms with Crippen LogP contribution in [-0.2, 0) is 60.8 Å². The number of rotatable bonds is 5. The van der Waals surface area contributed by atoms with Gasteiger partial charge in [-0.15, -0.1) is 10.2 Å². The molecule has 622 valence electrons. The largest absolute Gasteiger partial charge is 0.508 e. The zero-order valence-electron chi connectivity index (χ0n) is 70.5. The fraction of sp³-hybridized carbons (Fsp3) is 0.434.